The number of sulfone groups is 1. The molecule has 0 saturated carbocycles. The maximum atomic E-state index is 12.1. The van der Waals surface area contributed by atoms with Crippen LogP contribution in [0.15, 0.2) is 71.8 Å². The predicted molar refractivity (Wildman–Crippen MR) is 95.0 cm³/mol. The average molecular weight is 353 g/mol. The number of amides is 1. The molecule has 0 radical (unpaired) electrons. The molecule has 3 aromatic rings. The first-order valence-electron chi connectivity index (χ1n) is 7.44. The third kappa shape index (κ3) is 4.07. The maximum Gasteiger partial charge on any atom is 0.255 e. The van der Waals surface area contributed by atoms with Gasteiger partial charge in [0.15, 0.2) is 14.9 Å². The number of nitrogens with zero attached hydrogens (tertiary/aromatic N) is 2. The molecule has 126 valence electrons. The Morgan fingerprint density at radius 1 is 0.880 bits per heavy atom. The minimum atomic E-state index is -3.37. The maximum absolute atomic E-state index is 12.1. The van der Waals surface area contributed by atoms with Crippen LogP contribution in [-0.4, -0.2) is 30.8 Å². The topological polar surface area (TPSA) is 89.0 Å². The summed E-state index contributed by atoms with van der Waals surface area (Å²) in [4.78, 5) is 12.1. The highest BCUT2D eigenvalue weighted by Crippen LogP contribution is 2.20. The lowest BCUT2D eigenvalue weighted by Gasteiger charge is -2.06. The second kappa shape index (κ2) is 6.82. The molecule has 0 aliphatic carbocycles. The van der Waals surface area contributed by atoms with Gasteiger partial charge in [0.2, 0.25) is 0 Å². The molecular formula is C18H15N3O3S. The van der Waals surface area contributed by atoms with Crippen LogP contribution < -0.4 is 5.32 Å². The zero-order valence-corrected chi connectivity index (χ0v) is 14.2. The van der Waals surface area contributed by atoms with Crippen molar-refractivity contribution in [2.24, 2.45) is 0 Å². The number of hydrogen-bond acceptors (Lipinski definition) is 5. The van der Waals surface area contributed by atoms with Crippen LogP contribution in [0.4, 0.5) is 5.69 Å². The van der Waals surface area contributed by atoms with E-state index in [0.717, 1.165) is 11.8 Å². The summed E-state index contributed by atoms with van der Waals surface area (Å²) in [5.74, 6) is -0.189. The van der Waals surface area contributed by atoms with E-state index in [1.807, 2.05) is 6.07 Å². The van der Waals surface area contributed by atoms with E-state index >= 15 is 0 Å². The van der Waals surface area contributed by atoms with Gasteiger partial charge in [0.25, 0.3) is 5.91 Å². The molecule has 0 aliphatic heterocycles. The van der Waals surface area contributed by atoms with Crippen molar-refractivity contribution >= 4 is 21.4 Å². The van der Waals surface area contributed by atoms with E-state index in [4.69, 9.17) is 0 Å². The Kier molecular flexibility index (Phi) is 4.58. The second-order valence-corrected chi connectivity index (χ2v) is 7.39. The van der Waals surface area contributed by atoms with E-state index < -0.39 is 9.84 Å². The van der Waals surface area contributed by atoms with Crippen LogP contribution in [-0.2, 0) is 9.84 Å². The molecule has 0 fully saturated rings. The summed E-state index contributed by atoms with van der Waals surface area (Å²) in [5.41, 5.74) is 2.55. The Labute approximate surface area is 145 Å². The summed E-state index contributed by atoms with van der Waals surface area (Å²) in [7, 11) is -3.37. The van der Waals surface area contributed by atoms with Crippen molar-refractivity contribution in [2.75, 3.05) is 11.6 Å². The smallest absolute Gasteiger partial charge is 0.255 e. The molecule has 7 heteroatoms. The number of carbonyl (C=O) groups is 1. The predicted octanol–water partition coefficient (Wildman–Crippen LogP) is 2.80. The van der Waals surface area contributed by atoms with Crippen LogP contribution in [0.3, 0.4) is 0 Å². The summed E-state index contributed by atoms with van der Waals surface area (Å²) < 4.78 is 22.8. The van der Waals surface area contributed by atoms with Gasteiger partial charge in [-0.3, -0.25) is 4.79 Å². The number of nitrogens with one attached hydrogen (secondary N) is 1. The molecule has 25 heavy (non-hydrogen) atoms. The minimum absolute atomic E-state index is 0.0667. The van der Waals surface area contributed by atoms with E-state index in [2.05, 4.69) is 15.5 Å². The molecule has 0 spiro atoms. The van der Waals surface area contributed by atoms with Crippen molar-refractivity contribution in [3.05, 3.63) is 72.3 Å². The van der Waals surface area contributed by atoms with E-state index in [9.17, 15) is 13.2 Å². The molecule has 1 heterocycles. The Bertz CT molecular complexity index is 984. The Morgan fingerprint density at radius 3 is 2.12 bits per heavy atom. The van der Waals surface area contributed by atoms with Crippen LogP contribution in [0.25, 0.3) is 11.3 Å². The molecule has 1 amide bonds. The van der Waals surface area contributed by atoms with Crippen LogP contribution in [0.2, 0.25) is 0 Å². The first kappa shape index (κ1) is 16.8. The van der Waals surface area contributed by atoms with Crippen LogP contribution >= 0.6 is 0 Å². The SMILES string of the molecule is CS(=O)(=O)c1ccc(-c2ccc(NC(=O)c3ccccc3)cc2)nn1. The Morgan fingerprint density at radius 2 is 1.56 bits per heavy atom. The number of hydrogen-bond donors (Lipinski definition) is 1. The lowest BCUT2D eigenvalue weighted by Crippen LogP contribution is -2.11. The number of anilines is 1. The molecule has 3 rings (SSSR count). The van der Waals surface area contributed by atoms with Crippen molar-refractivity contribution in [3.8, 4) is 11.3 Å². The van der Waals surface area contributed by atoms with Crippen molar-refractivity contribution < 1.29 is 13.2 Å². The van der Waals surface area contributed by atoms with Gasteiger partial charge in [0.05, 0.1) is 5.69 Å². The fraction of sp³-hybridized carbons (Fsp3) is 0.0556. The second-order valence-electron chi connectivity index (χ2n) is 5.43. The lowest BCUT2D eigenvalue weighted by molar-refractivity contribution is 0.102. The molecule has 0 unspecified atom stereocenters. The van der Waals surface area contributed by atoms with E-state index in [0.29, 0.717) is 16.9 Å². The van der Waals surface area contributed by atoms with Gasteiger partial charge in [-0.1, -0.05) is 30.3 Å². The van der Waals surface area contributed by atoms with Gasteiger partial charge in [-0.2, -0.15) is 0 Å². The standard InChI is InChI=1S/C18H15N3O3S/c1-25(23,24)17-12-11-16(20-21-17)13-7-9-15(10-8-13)19-18(22)14-5-3-2-4-6-14/h2-12H,1H3,(H,19,22). The molecule has 1 N–H and O–H groups in total. The average Bonchev–Trinajstić information content (AvgIpc) is 2.62. The van der Waals surface area contributed by atoms with Crippen LogP contribution in [0.5, 0.6) is 0 Å². The Balaban J connectivity index is 1.75. The van der Waals surface area contributed by atoms with Gasteiger partial charge in [0, 0.05) is 23.1 Å². The third-order valence-electron chi connectivity index (χ3n) is 3.49. The zero-order valence-electron chi connectivity index (χ0n) is 13.4. The first-order valence-corrected chi connectivity index (χ1v) is 9.33. The highest BCUT2D eigenvalue weighted by molar-refractivity contribution is 7.90. The Hall–Kier alpha value is -3.06. The first-order chi connectivity index (χ1) is 11.9. The molecule has 0 saturated heterocycles. The van der Waals surface area contributed by atoms with Gasteiger partial charge in [-0.05, 0) is 36.4 Å². The van der Waals surface area contributed by atoms with Gasteiger partial charge >= 0.3 is 0 Å². The fourth-order valence-corrected chi connectivity index (χ4v) is 2.69. The van der Waals surface area contributed by atoms with Gasteiger partial charge in [0.1, 0.15) is 0 Å². The number of benzene rings is 2. The number of rotatable bonds is 4. The largest absolute Gasteiger partial charge is 0.322 e. The van der Waals surface area contributed by atoms with Crippen LogP contribution in [0.1, 0.15) is 10.4 Å². The molecule has 2 aromatic carbocycles. The van der Waals surface area contributed by atoms with Crippen molar-refractivity contribution in [1.82, 2.24) is 10.2 Å². The molecule has 1 aromatic heterocycles. The normalized spacial score (nSPS) is 11.1. The van der Waals surface area contributed by atoms with E-state index in [1.165, 1.54) is 6.07 Å². The summed E-state index contributed by atoms with van der Waals surface area (Å²) in [6.07, 6.45) is 1.08. The molecular weight excluding hydrogens is 338 g/mol. The highest BCUT2D eigenvalue weighted by atomic mass is 32.2. The van der Waals surface area contributed by atoms with Gasteiger partial charge in [-0.15, -0.1) is 10.2 Å². The number of aromatic nitrogens is 2. The number of carbonyl (C=O) groups excluding carboxylic acids is 1. The van der Waals surface area contributed by atoms with Crippen molar-refractivity contribution in [3.63, 3.8) is 0 Å². The van der Waals surface area contributed by atoms with Crippen molar-refractivity contribution in [2.45, 2.75) is 5.03 Å². The molecule has 0 atom stereocenters. The molecule has 0 bridgehead atoms. The minimum Gasteiger partial charge on any atom is -0.322 e. The van der Waals surface area contributed by atoms with Crippen molar-refractivity contribution in [1.29, 1.82) is 0 Å². The zero-order chi connectivity index (χ0) is 17.9. The molecule has 6 nitrogen and oxygen atoms in total. The van der Waals surface area contributed by atoms with E-state index in [-0.39, 0.29) is 10.9 Å². The molecule has 0 aliphatic rings. The van der Waals surface area contributed by atoms with Crippen LogP contribution in [0, 0.1) is 0 Å². The highest BCUT2D eigenvalue weighted by Gasteiger charge is 2.10. The monoisotopic (exact) mass is 353 g/mol. The quantitative estimate of drug-likeness (QED) is 0.779. The summed E-state index contributed by atoms with van der Waals surface area (Å²) in [5, 5.41) is 10.4. The lowest BCUT2D eigenvalue weighted by atomic mass is 10.1. The summed E-state index contributed by atoms with van der Waals surface area (Å²) >= 11 is 0. The van der Waals surface area contributed by atoms with E-state index in [1.54, 1.807) is 54.6 Å². The summed E-state index contributed by atoms with van der Waals surface area (Å²) in [6.45, 7) is 0. The summed E-state index contributed by atoms with van der Waals surface area (Å²) in [6, 6.07) is 19.0. The van der Waals surface area contributed by atoms with Gasteiger partial charge < -0.3 is 5.32 Å². The fourth-order valence-electron chi connectivity index (χ4n) is 2.19. The third-order valence-corrected chi connectivity index (χ3v) is 4.47. The van der Waals surface area contributed by atoms with Gasteiger partial charge in [-0.25, -0.2) is 8.42 Å².